The fourth-order valence-corrected chi connectivity index (χ4v) is 2.13. The number of carbonyl (C=O) groups excluding carboxylic acids is 1. The van der Waals surface area contributed by atoms with E-state index in [0.717, 1.165) is 24.8 Å². The molecule has 1 aliphatic rings. The Hall–Kier alpha value is -1.11. The molecule has 74 valence electrons. The Balaban J connectivity index is 2.50. The molecule has 0 bridgehead atoms. The van der Waals surface area contributed by atoms with Gasteiger partial charge < -0.3 is 0 Å². The number of rotatable bonds is 1. The molecule has 0 saturated carbocycles. The van der Waals surface area contributed by atoms with Crippen LogP contribution in [-0.4, -0.2) is 5.78 Å². The van der Waals surface area contributed by atoms with Crippen LogP contribution in [0.15, 0.2) is 18.2 Å². The van der Waals surface area contributed by atoms with Crippen LogP contribution in [0.2, 0.25) is 0 Å². The molecule has 1 aromatic rings. The molecule has 1 nitrogen and oxygen atoms in total. The van der Waals surface area contributed by atoms with Gasteiger partial charge in [-0.15, -0.1) is 0 Å². The molecule has 1 aromatic carbocycles. The van der Waals surface area contributed by atoms with E-state index in [-0.39, 0.29) is 0 Å². The molecule has 1 heteroatoms. The molecule has 0 amide bonds. The second-order valence-electron chi connectivity index (χ2n) is 4.14. The molecule has 0 aliphatic heterocycles. The molecular formula is C13H16O. The lowest BCUT2D eigenvalue weighted by atomic mass is 9.82. The highest BCUT2D eigenvalue weighted by molar-refractivity contribution is 5.98. The quantitative estimate of drug-likeness (QED) is 0.660. The Morgan fingerprint density at radius 1 is 1.43 bits per heavy atom. The maximum absolute atomic E-state index is 11.7. The number of Topliss-reactive ketones (excluding diaryl/α,β-unsaturated/α-hetero) is 1. The van der Waals surface area contributed by atoms with E-state index >= 15 is 0 Å². The van der Waals surface area contributed by atoms with Crippen molar-refractivity contribution in [3.63, 3.8) is 0 Å². The molecule has 1 atom stereocenters. The van der Waals surface area contributed by atoms with Crippen molar-refractivity contribution in [3.8, 4) is 0 Å². The van der Waals surface area contributed by atoms with Gasteiger partial charge in [-0.3, -0.25) is 4.79 Å². The van der Waals surface area contributed by atoms with Crippen LogP contribution in [0, 0.1) is 0 Å². The van der Waals surface area contributed by atoms with Gasteiger partial charge in [0.15, 0.2) is 5.78 Å². The van der Waals surface area contributed by atoms with Crippen molar-refractivity contribution in [3.05, 3.63) is 34.9 Å². The summed E-state index contributed by atoms with van der Waals surface area (Å²) in [6.07, 6.45) is 2.74. The number of fused-ring (bicyclic) bond motifs is 1. The third-order valence-corrected chi connectivity index (χ3v) is 3.16. The van der Waals surface area contributed by atoms with Crippen molar-refractivity contribution in [2.24, 2.45) is 0 Å². The highest BCUT2D eigenvalue weighted by Gasteiger charge is 2.22. The summed E-state index contributed by atoms with van der Waals surface area (Å²) in [7, 11) is 0. The summed E-state index contributed by atoms with van der Waals surface area (Å²) < 4.78 is 0. The van der Waals surface area contributed by atoms with Gasteiger partial charge in [0.25, 0.3) is 0 Å². The molecule has 0 heterocycles. The summed E-state index contributed by atoms with van der Waals surface area (Å²) in [5.74, 6) is 0.877. The minimum absolute atomic E-state index is 0.327. The predicted octanol–water partition coefficient (Wildman–Crippen LogP) is 3.33. The first-order valence-electron chi connectivity index (χ1n) is 5.38. The maximum Gasteiger partial charge on any atom is 0.163 e. The lowest BCUT2D eigenvalue weighted by molar-refractivity contribution is 0.0968. The summed E-state index contributed by atoms with van der Waals surface area (Å²) in [6.45, 7) is 4.33. The second kappa shape index (κ2) is 3.56. The van der Waals surface area contributed by atoms with Gasteiger partial charge in [-0.05, 0) is 36.0 Å². The number of aryl methyl sites for hydroxylation is 1. The first-order chi connectivity index (χ1) is 6.72. The molecule has 0 saturated heterocycles. The van der Waals surface area contributed by atoms with E-state index in [4.69, 9.17) is 0 Å². The molecule has 0 radical (unpaired) electrons. The zero-order chi connectivity index (χ0) is 10.1. The van der Waals surface area contributed by atoms with Crippen molar-refractivity contribution in [2.45, 2.75) is 39.0 Å². The van der Waals surface area contributed by atoms with Crippen LogP contribution < -0.4 is 0 Å². The molecule has 0 fully saturated rings. The predicted molar refractivity (Wildman–Crippen MR) is 57.8 cm³/mol. The zero-order valence-corrected chi connectivity index (χ0v) is 8.84. The van der Waals surface area contributed by atoms with Crippen molar-refractivity contribution in [1.29, 1.82) is 0 Å². The van der Waals surface area contributed by atoms with Gasteiger partial charge in [-0.1, -0.05) is 26.0 Å². The molecule has 0 unspecified atom stereocenters. The number of hydrogen-bond acceptors (Lipinski definition) is 1. The fourth-order valence-electron chi connectivity index (χ4n) is 2.13. The highest BCUT2D eigenvalue weighted by atomic mass is 16.1. The Labute approximate surface area is 85.1 Å². The standard InChI is InChI=1S/C13H16O/c1-3-10-5-6-11-9(2)4-7-13(14)12(11)8-10/h5-6,8-9H,3-4,7H2,1-2H3/t9-/m0/s1. The van der Waals surface area contributed by atoms with Crippen LogP contribution >= 0.6 is 0 Å². The number of ketones is 1. The molecule has 0 aromatic heterocycles. The fraction of sp³-hybridized carbons (Fsp3) is 0.462. The smallest absolute Gasteiger partial charge is 0.163 e. The van der Waals surface area contributed by atoms with E-state index in [9.17, 15) is 4.79 Å². The number of hydrogen-bond donors (Lipinski definition) is 0. The van der Waals surface area contributed by atoms with Crippen LogP contribution in [0.25, 0.3) is 0 Å². The van der Waals surface area contributed by atoms with Crippen LogP contribution in [0.3, 0.4) is 0 Å². The maximum atomic E-state index is 11.7. The Morgan fingerprint density at radius 2 is 2.21 bits per heavy atom. The molecule has 0 spiro atoms. The molecule has 14 heavy (non-hydrogen) atoms. The van der Waals surface area contributed by atoms with Gasteiger partial charge in [0, 0.05) is 12.0 Å². The normalized spacial score (nSPS) is 20.7. The van der Waals surface area contributed by atoms with Gasteiger partial charge in [0.2, 0.25) is 0 Å². The van der Waals surface area contributed by atoms with Crippen LogP contribution in [0.5, 0.6) is 0 Å². The second-order valence-corrected chi connectivity index (χ2v) is 4.14. The third-order valence-electron chi connectivity index (χ3n) is 3.16. The van der Waals surface area contributed by atoms with Gasteiger partial charge in [0.1, 0.15) is 0 Å². The van der Waals surface area contributed by atoms with E-state index in [1.807, 2.05) is 0 Å². The SMILES string of the molecule is CCc1ccc2c(c1)C(=O)CC[C@@H]2C. The summed E-state index contributed by atoms with van der Waals surface area (Å²) in [6, 6.07) is 6.36. The summed E-state index contributed by atoms with van der Waals surface area (Å²) in [5, 5.41) is 0. The topological polar surface area (TPSA) is 17.1 Å². The monoisotopic (exact) mass is 188 g/mol. The van der Waals surface area contributed by atoms with E-state index in [2.05, 4.69) is 32.0 Å². The third kappa shape index (κ3) is 1.47. The van der Waals surface area contributed by atoms with Crippen molar-refractivity contribution in [2.75, 3.05) is 0 Å². The van der Waals surface area contributed by atoms with Crippen molar-refractivity contribution >= 4 is 5.78 Å². The highest BCUT2D eigenvalue weighted by Crippen LogP contribution is 2.31. The van der Waals surface area contributed by atoms with Gasteiger partial charge in [-0.25, -0.2) is 0 Å². The lowest BCUT2D eigenvalue weighted by Crippen LogP contribution is -2.14. The average molecular weight is 188 g/mol. The minimum atomic E-state index is 0.327. The Morgan fingerprint density at radius 3 is 2.93 bits per heavy atom. The van der Waals surface area contributed by atoms with Crippen LogP contribution in [0.1, 0.15) is 54.1 Å². The van der Waals surface area contributed by atoms with Crippen molar-refractivity contribution in [1.82, 2.24) is 0 Å². The Bertz CT molecular complexity index is 365. The molecule has 1 aliphatic carbocycles. The lowest BCUT2D eigenvalue weighted by Gasteiger charge is -2.21. The number of benzene rings is 1. The van der Waals surface area contributed by atoms with Crippen LogP contribution in [-0.2, 0) is 6.42 Å². The minimum Gasteiger partial charge on any atom is -0.294 e. The summed E-state index contributed by atoms with van der Waals surface area (Å²) in [5.41, 5.74) is 3.49. The summed E-state index contributed by atoms with van der Waals surface area (Å²) in [4.78, 5) is 11.7. The van der Waals surface area contributed by atoms with E-state index in [1.165, 1.54) is 11.1 Å². The first-order valence-corrected chi connectivity index (χ1v) is 5.38. The number of carbonyl (C=O) groups is 1. The van der Waals surface area contributed by atoms with E-state index in [1.54, 1.807) is 0 Å². The zero-order valence-electron chi connectivity index (χ0n) is 8.84. The van der Waals surface area contributed by atoms with Gasteiger partial charge in [0.05, 0.1) is 0 Å². The summed E-state index contributed by atoms with van der Waals surface area (Å²) >= 11 is 0. The van der Waals surface area contributed by atoms with Gasteiger partial charge in [-0.2, -0.15) is 0 Å². The first kappa shape index (κ1) is 9.45. The van der Waals surface area contributed by atoms with Gasteiger partial charge >= 0.3 is 0 Å². The molecule has 2 rings (SSSR count). The molecular weight excluding hydrogens is 172 g/mol. The molecule has 0 N–H and O–H groups in total. The van der Waals surface area contributed by atoms with E-state index < -0.39 is 0 Å². The Kier molecular flexibility index (Phi) is 2.40. The average Bonchev–Trinajstić information content (AvgIpc) is 2.23. The van der Waals surface area contributed by atoms with Crippen LogP contribution in [0.4, 0.5) is 0 Å². The van der Waals surface area contributed by atoms with E-state index in [0.29, 0.717) is 11.7 Å². The largest absolute Gasteiger partial charge is 0.294 e. The van der Waals surface area contributed by atoms with Crippen molar-refractivity contribution < 1.29 is 4.79 Å².